The van der Waals surface area contributed by atoms with Crippen molar-refractivity contribution >= 4 is 39.1 Å². The van der Waals surface area contributed by atoms with Crippen LogP contribution >= 0.6 is 27.5 Å². The molecular weight excluding hydrogens is 340 g/mol. The fourth-order valence-corrected chi connectivity index (χ4v) is 2.60. The normalized spacial score (nSPS) is 11.9. The number of nitrogens with two attached hydrogens (primary N) is 1. The van der Waals surface area contributed by atoms with E-state index in [4.69, 9.17) is 17.3 Å². The lowest BCUT2D eigenvalue weighted by Crippen LogP contribution is -2.28. The summed E-state index contributed by atoms with van der Waals surface area (Å²) < 4.78 is 0.783. The number of rotatable bonds is 4. The largest absolute Gasteiger partial charge is 0.370 e. The Balaban J connectivity index is 2.37. The summed E-state index contributed by atoms with van der Waals surface area (Å²) in [4.78, 5) is 11.7. The van der Waals surface area contributed by atoms with Crippen LogP contribution in [0.25, 0.3) is 0 Å². The van der Waals surface area contributed by atoms with Gasteiger partial charge in [0.2, 0.25) is 5.91 Å². The van der Waals surface area contributed by atoms with Gasteiger partial charge in [-0.1, -0.05) is 39.7 Å². The number of amides is 1. The molecule has 0 bridgehead atoms. The van der Waals surface area contributed by atoms with Crippen molar-refractivity contribution in [1.29, 1.82) is 0 Å². The van der Waals surface area contributed by atoms with Crippen LogP contribution in [-0.2, 0) is 4.79 Å². The van der Waals surface area contributed by atoms with Crippen LogP contribution in [-0.4, -0.2) is 5.91 Å². The number of benzene rings is 2. The highest BCUT2D eigenvalue weighted by atomic mass is 79.9. The summed E-state index contributed by atoms with van der Waals surface area (Å²) in [7, 11) is 0. The van der Waals surface area contributed by atoms with Crippen LogP contribution in [0.3, 0.4) is 0 Å². The monoisotopic (exact) mass is 352 g/mol. The predicted octanol–water partition coefficient (Wildman–Crippen LogP) is 4.05. The molecule has 5 heteroatoms. The Labute approximate surface area is 131 Å². The molecule has 0 fully saturated rings. The summed E-state index contributed by atoms with van der Waals surface area (Å²) in [5.41, 5.74) is 8.16. The molecule has 0 aromatic heterocycles. The van der Waals surface area contributed by atoms with Crippen LogP contribution in [0.1, 0.15) is 17.2 Å². The molecule has 2 aromatic rings. The van der Waals surface area contributed by atoms with E-state index in [0.29, 0.717) is 10.6 Å². The molecule has 2 rings (SSSR count). The van der Waals surface area contributed by atoms with Crippen LogP contribution < -0.4 is 11.1 Å². The van der Waals surface area contributed by atoms with E-state index in [1.54, 1.807) is 18.2 Å². The minimum atomic E-state index is -0.648. The summed E-state index contributed by atoms with van der Waals surface area (Å²) >= 11 is 9.41. The third-order valence-electron chi connectivity index (χ3n) is 2.88. The summed E-state index contributed by atoms with van der Waals surface area (Å²) in [6.07, 6.45) is 0. The Hall–Kier alpha value is -1.52. The maximum absolute atomic E-state index is 11.7. The topological polar surface area (TPSA) is 55.1 Å². The molecule has 0 aliphatic rings. The Morgan fingerprint density at radius 3 is 2.70 bits per heavy atom. The summed E-state index contributed by atoms with van der Waals surface area (Å²) in [5.74, 6) is -0.463. The molecule has 1 amide bonds. The van der Waals surface area contributed by atoms with Crippen LogP contribution in [0, 0.1) is 6.92 Å². The average molecular weight is 354 g/mol. The number of halogens is 2. The number of hydrogen-bond donors (Lipinski definition) is 2. The summed E-state index contributed by atoms with van der Waals surface area (Å²) in [5, 5.41) is 3.70. The zero-order chi connectivity index (χ0) is 14.7. The molecular formula is C15H14BrClN2O. The first-order chi connectivity index (χ1) is 9.47. The van der Waals surface area contributed by atoms with E-state index in [-0.39, 0.29) is 0 Å². The number of carbonyl (C=O) groups is 1. The molecule has 0 heterocycles. The van der Waals surface area contributed by atoms with Crippen molar-refractivity contribution in [3.63, 3.8) is 0 Å². The molecule has 3 nitrogen and oxygen atoms in total. The first-order valence-corrected chi connectivity index (χ1v) is 7.22. The van der Waals surface area contributed by atoms with Gasteiger partial charge in [-0.3, -0.25) is 4.79 Å². The van der Waals surface area contributed by atoms with Crippen LogP contribution in [0.5, 0.6) is 0 Å². The van der Waals surface area contributed by atoms with Crippen molar-refractivity contribution in [2.75, 3.05) is 5.32 Å². The highest BCUT2D eigenvalue weighted by Crippen LogP contribution is 2.29. The van der Waals surface area contributed by atoms with Crippen molar-refractivity contribution in [3.8, 4) is 0 Å². The number of anilines is 1. The molecule has 1 atom stereocenters. The molecule has 1 unspecified atom stereocenters. The first kappa shape index (κ1) is 14.9. The predicted molar refractivity (Wildman–Crippen MR) is 85.9 cm³/mol. The molecule has 0 aliphatic heterocycles. The van der Waals surface area contributed by atoms with E-state index >= 15 is 0 Å². The minimum absolute atomic E-state index is 0.463. The number of hydrogen-bond acceptors (Lipinski definition) is 2. The minimum Gasteiger partial charge on any atom is -0.370 e. The van der Waals surface area contributed by atoms with E-state index in [2.05, 4.69) is 21.2 Å². The van der Waals surface area contributed by atoms with E-state index in [1.807, 2.05) is 31.2 Å². The molecule has 0 aliphatic carbocycles. The lowest BCUT2D eigenvalue weighted by molar-refractivity contribution is -0.118. The Bertz CT molecular complexity index is 646. The third-order valence-corrected chi connectivity index (χ3v) is 3.84. The van der Waals surface area contributed by atoms with Gasteiger partial charge >= 0.3 is 0 Å². The van der Waals surface area contributed by atoms with Crippen molar-refractivity contribution in [2.24, 2.45) is 5.73 Å². The van der Waals surface area contributed by atoms with E-state index in [0.717, 1.165) is 15.7 Å². The van der Waals surface area contributed by atoms with Crippen molar-refractivity contribution in [1.82, 2.24) is 0 Å². The van der Waals surface area contributed by atoms with Gasteiger partial charge in [-0.05, 0) is 48.4 Å². The Morgan fingerprint density at radius 1 is 1.30 bits per heavy atom. The lowest BCUT2D eigenvalue weighted by atomic mass is 10.1. The fourth-order valence-electron chi connectivity index (χ4n) is 1.94. The molecule has 20 heavy (non-hydrogen) atoms. The van der Waals surface area contributed by atoms with Gasteiger partial charge in [0.05, 0.1) is 0 Å². The Kier molecular flexibility index (Phi) is 4.68. The van der Waals surface area contributed by atoms with Crippen LogP contribution in [0.4, 0.5) is 5.69 Å². The van der Waals surface area contributed by atoms with Gasteiger partial charge in [-0.15, -0.1) is 0 Å². The molecule has 2 aromatic carbocycles. The SMILES string of the molecule is Cc1cccc(NC(C(N)=O)c2cc(Cl)ccc2Br)c1. The van der Waals surface area contributed by atoms with E-state index in [9.17, 15) is 4.79 Å². The van der Waals surface area contributed by atoms with Gasteiger partial charge in [-0.2, -0.15) is 0 Å². The standard InChI is InChI=1S/C15H14BrClN2O/c1-9-3-2-4-11(7-9)19-14(15(18)20)12-8-10(17)5-6-13(12)16/h2-8,14,19H,1H3,(H2,18,20). The summed E-state index contributed by atoms with van der Waals surface area (Å²) in [6.45, 7) is 1.99. The zero-order valence-corrected chi connectivity index (χ0v) is 13.2. The second kappa shape index (κ2) is 6.29. The zero-order valence-electron chi connectivity index (χ0n) is 10.9. The lowest BCUT2D eigenvalue weighted by Gasteiger charge is -2.19. The number of primary amides is 1. The second-order valence-corrected chi connectivity index (χ2v) is 5.81. The number of aryl methyl sites for hydroxylation is 1. The van der Waals surface area contributed by atoms with Gasteiger partial charge in [-0.25, -0.2) is 0 Å². The quantitative estimate of drug-likeness (QED) is 0.871. The van der Waals surface area contributed by atoms with Gasteiger partial charge in [0.25, 0.3) is 0 Å². The number of carbonyl (C=O) groups excluding carboxylic acids is 1. The van der Waals surface area contributed by atoms with Crippen LogP contribution in [0.15, 0.2) is 46.9 Å². The van der Waals surface area contributed by atoms with Crippen molar-refractivity contribution in [3.05, 3.63) is 63.1 Å². The summed E-state index contributed by atoms with van der Waals surface area (Å²) in [6, 6.07) is 12.4. The first-order valence-electron chi connectivity index (χ1n) is 6.05. The smallest absolute Gasteiger partial charge is 0.244 e. The fraction of sp³-hybridized carbons (Fsp3) is 0.133. The van der Waals surface area contributed by atoms with Crippen LogP contribution in [0.2, 0.25) is 5.02 Å². The highest BCUT2D eigenvalue weighted by Gasteiger charge is 2.20. The van der Waals surface area contributed by atoms with Gasteiger partial charge < -0.3 is 11.1 Å². The third kappa shape index (κ3) is 3.52. The molecule has 104 valence electrons. The molecule has 0 saturated heterocycles. The van der Waals surface area contributed by atoms with E-state index < -0.39 is 11.9 Å². The van der Waals surface area contributed by atoms with E-state index in [1.165, 1.54) is 0 Å². The van der Waals surface area contributed by atoms with Gasteiger partial charge in [0.1, 0.15) is 6.04 Å². The molecule has 3 N–H and O–H groups in total. The molecule has 0 spiro atoms. The van der Waals surface area contributed by atoms with Crippen molar-refractivity contribution in [2.45, 2.75) is 13.0 Å². The van der Waals surface area contributed by atoms with Crippen molar-refractivity contribution < 1.29 is 4.79 Å². The molecule has 0 radical (unpaired) electrons. The maximum Gasteiger partial charge on any atom is 0.244 e. The maximum atomic E-state index is 11.7. The second-order valence-electron chi connectivity index (χ2n) is 4.52. The van der Waals surface area contributed by atoms with Gasteiger partial charge in [0.15, 0.2) is 0 Å². The average Bonchev–Trinajstić information content (AvgIpc) is 2.39. The Morgan fingerprint density at radius 2 is 2.05 bits per heavy atom. The number of nitrogens with one attached hydrogen (secondary N) is 1. The van der Waals surface area contributed by atoms with Gasteiger partial charge in [0, 0.05) is 15.2 Å². The highest BCUT2D eigenvalue weighted by molar-refractivity contribution is 9.10. The molecule has 0 saturated carbocycles.